The first-order chi connectivity index (χ1) is 7.97. The molecule has 0 spiro atoms. The number of hydrogen-bond acceptors (Lipinski definition) is 4. The lowest BCUT2D eigenvalue weighted by molar-refractivity contribution is 0.0933. The predicted molar refractivity (Wildman–Crippen MR) is 70.8 cm³/mol. The third-order valence-corrected chi connectivity index (χ3v) is 3.95. The average molecular weight is 276 g/mol. The first-order valence-electron chi connectivity index (χ1n) is 5.66. The van der Waals surface area contributed by atoms with Gasteiger partial charge >= 0.3 is 0 Å². The van der Waals surface area contributed by atoms with Crippen molar-refractivity contribution in [2.24, 2.45) is 5.92 Å². The Hall–Kier alpha value is -0.680. The smallest absolute Gasteiger partial charge is 0.265 e. The molecule has 2 unspecified atom stereocenters. The molecule has 1 aromatic heterocycles. The molecule has 0 saturated carbocycles. The Labute approximate surface area is 111 Å². The lowest BCUT2D eigenvalue weighted by Gasteiger charge is -2.18. The molecule has 2 atom stereocenters. The summed E-state index contributed by atoms with van der Waals surface area (Å²) >= 11 is 6.90. The van der Waals surface area contributed by atoms with Gasteiger partial charge in [0.25, 0.3) is 5.91 Å². The molecule has 1 amide bonds. The van der Waals surface area contributed by atoms with Gasteiger partial charge < -0.3 is 5.32 Å². The molecule has 0 bridgehead atoms. The number of aromatic nitrogens is 2. The number of amides is 1. The monoisotopic (exact) mass is 275 g/mol. The van der Waals surface area contributed by atoms with Gasteiger partial charge in [-0.3, -0.25) is 4.79 Å². The van der Waals surface area contributed by atoms with Gasteiger partial charge in [0.2, 0.25) is 0 Å². The molecule has 4 nitrogen and oxygen atoms in total. The van der Waals surface area contributed by atoms with Crippen LogP contribution in [0.4, 0.5) is 0 Å². The van der Waals surface area contributed by atoms with Crippen LogP contribution in [0.25, 0.3) is 0 Å². The first-order valence-corrected chi connectivity index (χ1v) is 6.97. The number of nitrogens with one attached hydrogen (secondary N) is 1. The zero-order chi connectivity index (χ0) is 13.0. The number of nitrogens with zero attached hydrogens (tertiary/aromatic N) is 2. The summed E-state index contributed by atoms with van der Waals surface area (Å²) in [5.41, 5.74) is 0.762. The fraction of sp³-hybridized carbons (Fsp3) is 0.727. The van der Waals surface area contributed by atoms with Crippen LogP contribution in [-0.2, 0) is 0 Å². The highest BCUT2D eigenvalue weighted by Crippen LogP contribution is 2.20. The van der Waals surface area contributed by atoms with Crippen molar-refractivity contribution < 1.29 is 4.79 Å². The van der Waals surface area contributed by atoms with Crippen LogP contribution < -0.4 is 5.32 Å². The van der Waals surface area contributed by atoms with E-state index in [1.165, 1.54) is 0 Å². The number of halogens is 1. The zero-order valence-electron chi connectivity index (χ0n) is 10.5. The third-order valence-electron chi connectivity index (χ3n) is 2.72. The molecule has 0 aliphatic carbocycles. The predicted octanol–water partition coefficient (Wildman–Crippen LogP) is 2.65. The topological polar surface area (TPSA) is 54.9 Å². The fourth-order valence-electron chi connectivity index (χ4n) is 1.28. The summed E-state index contributed by atoms with van der Waals surface area (Å²) in [6.07, 6.45) is 0. The Morgan fingerprint density at radius 1 is 1.41 bits per heavy atom. The Morgan fingerprint density at radius 3 is 2.59 bits per heavy atom. The summed E-state index contributed by atoms with van der Waals surface area (Å²) in [6.45, 7) is 7.96. The maximum Gasteiger partial charge on any atom is 0.265 e. The molecule has 1 aromatic rings. The van der Waals surface area contributed by atoms with Gasteiger partial charge in [0.05, 0.1) is 5.69 Å². The minimum Gasteiger partial charge on any atom is -0.348 e. The van der Waals surface area contributed by atoms with Crippen LogP contribution in [0.15, 0.2) is 0 Å². The second-order valence-corrected chi connectivity index (χ2v) is 5.60. The number of hydrogen-bond donors (Lipinski definition) is 1. The van der Waals surface area contributed by atoms with Crippen molar-refractivity contribution >= 4 is 29.0 Å². The van der Waals surface area contributed by atoms with E-state index in [1.807, 2.05) is 27.7 Å². The Kier molecular flexibility index (Phi) is 5.33. The minimum atomic E-state index is -0.104. The summed E-state index contributed by atoms with van der Waals surface area (Å²) in [7, 11) is 0. The zero-order valence-corrected chi connectivity index (χ0v) is 12.1. The van der Waals surface area contributed by atoms with E-state index in [1.54, 1.807) is 0 Å². The van der Waals surface area contributed by atoms with Gasteiger partial charge in [-0.05, 0) is 30.3 Å². The summed E-state index contributed by atoms with van der Waals surface area (Å²) < 4.78 is 3.84. The van der Waals surface area contributed by atoms with Crippen molar-refractivity contribution in [3.63, 3.8) is 0 Å². The van der Waals surface area contributed by atoms with Crippen LogP contribution >= 0.6 is 23.1 Å². The normalized spacial score (nSPS) is 14.7. The molecule has 0 aliphatic heterocycles. The SMILES string of the molecule is CC(C)c1nnsc1C(=O)NC(C)C(C)CCl. The Morgan fingerprint density at radius 2 is 2.06 bits per heavy atom. The molecule has 0 fully saturated rings. The van der Waals surface area contributed by atoms with Crippen LogP contribution in [0.5, 0.6) is 0 Å². The van der Waals surface area contributed by atoms with Crippen molar-refractivity contribution in [3.05, 3.63) is 10.6 Å². The van der Waals surface area contributed by atoms with Crippen LogP contribution in [-0.4, -0.2) is 27.4 Å². The van der Waals surface area contributed by atoms with Gasteiger partial charge in [0, 0.05) is 11.9 Å². The van der Waals surface area contributed by atoms with Gasteiger partial charge in [0.1, 0.15) is 4.88 Å². The van der Waals surface area contributed by atoms with Crippen molar-refractivity contribution in [2.45, 2.75) is 39.7 Å². The summed E-state index contributed by atoms with van der Waals surface area (Å²) in [5, 5.41) is 6.93. The second-order valence-electron chi connectivity index (χ2n) is 4.54. The van der Waals surface area contributed by atoms with E-state index in [-0.39, 0.29) is 23.8 Å². The van der Waals surface area contributed by atoms with E-state index in [0.717, 1.165) is 17.2 Å². The molecule has 1 N–H and O–H groups in total. The summed E-state index contributed by atoms with van der Waals surface area (Å²) in [4.78, 5) is 12.6. The molecular formula is C11H18ClN3OS. The largest absolute Gasteiger partial charge is 0.348 e. The highest BCUT2D eigenvalue weighted by Gasteiger charge is 2.21. The molecule has 96 valence electrons. The van der Waals surface area contributed by atoms with Gasteiger partial charge in [-0.2, -0.15) is 0 Å². The molecular weight excluding hydrogens is 258 g/mol. The highest BCUT2D eigenvalue weighted by molar-refractivity contribution is 7.08. The molecule has 0 aromatic carbocycles. The van der Waals surface area contributed by atoms with Crippen LogP contribution in [0, 0.1) is 5.92 Å². The fourth-order valence-corrected chi connectivity index (χ4v) is 2.27. The van der Waals surface area contributed by atoms with E-state index in [4.69, 9.17) is 11.6 Å². The third kappa shape index (κ3) is 3.64. The number of alkyl halides is 1. The Balaban J connectivity index is 2.73. The molecule has 0 radical (unpaired) electrons. The first kappa shape index (κ1) is 14.4. The van der Waals surface area contributed by atoms with E-state index < -0.39 is 0 Å². The molecule has 0 aliphatic rings. The lowest BCUT2D eigenvalue weighted by atomic mass is 10.1. The highest BCUT2D eigenvalue weighted by atomic mass is 35.5. The number of carbonyl (C=O) groups is 1. The Bertz CT molecular complexity index is 381. The number of rotatable bonds is 5. The molecule has 1 heterocycles. The molecule has 0 saturated heterocycles. The van der Waals surface area contributed by atoms with Gasteiger partial charge in [-0.15, -0.1) is 16.7 Å². The molecule has 6 heteroatoms. The second kappa shape index (κ2) is 6.31. The standard InChI is InChI=1S/C11H18ClN3OS/c1-6(2)9-10(17-15-14-9)11(16)13-8(4)7(3)5-12/h6-8H,5H2,1-4H3,(H,13,16). The van der Waals surface area contributed by atoms with E-state index in [2.05, 4.69) is 14.9 Å². The molecule has 1 rings (SSSR count). The average Bonchev–Trinajstić information content (AvgIpc) is 2.76. The van der Waals surface area contributed by atoms with Crippen molar-refractivity contribution in [2.75, 3.05) is 5.88 Å². The lowest BCUT2D eigenvalue weighted by Crippen LogP contribution is -2.37. The van der Waals surface area contributed by atoms with Gasteiger partial charge in [-0.1, -0.05) is 25.3 Å². The van der Waals surface area contributed by atoms with Crippen molar-refractivity contribution in [3.8, 4) is 0 Å². The quantitative estimate of drug-likeness (QED) is 0.841. The van der Waals surface area contributed by atoms with E-state index in [0.29, 0.717) is 10.8 Å². The number of carbonyl (C=O) groups excluding carboxylic acids is 1. The minimum absolute atomic E-state index is 0.0436. The van der Waals surface area contributed by atoms with Crippen LogP contribution in [0.3, 0.4) is 0 Å². The maximum atomic E-state index is 12.0. The van der Waals surface area contributed by atoms with Crippen molar-refractivity contribution in [1.82, 2.24) is 14.9 Å². The maximum absolute atomic E-state index is 12.0. The van der Waals surface area contributed by atoms with E-state index in [9.17, 15) is 4.79 Å². The van der Waals surface area contributed by atoms with Gasteiger partial charge in [0.15, 0.2) is 0 Å². The summed E-state index contributed by atoms with van der Waals surface area (Å²) in [5.74, 6) is 0.867. The van der Waals surface area contributed by atoms with E-state index >= 15 is 0 Å². The van der Waals surface area contributed by atoms with Crippen molar-refractivity contribution in [1.29, 1.82) is 0 Å². The summed E-state index contributed by atoms with van der Waals surface area (Å²) in [6, 6.07) is 0.0436. The van der Waals surface area contributed by atoms with Crippen LogP contribution in [0.2, 0.25) is 0 Å². The van der Waals surface area contributed by atoms with Crippen LogP contribution in [0.1, 0.15) is 49.0 Å². The molecule has 17 heavy (non-hydrogen) atoms. The van der Waals surface area contributed by atoms with Gasteiger partial charge in [-0.25, -0.2) is 0 Å².